The Morgan fingerprint density at radius 3 is 2.58 bits per heavy atom. The van der Waals surface area contributed by atoms with Gasteiger partial charge in [-0.3, -0.25) is 0 Å². The number of hydrogen-bond acceptors (Lipinski definition) is 5. The molecule has 102 valence electrons. The Morgan fingerprint density at radius 1 is 1.16 bits per heavy atom. The van der Waals surface area contributed by atoms with E-state index in [1.165, 1.54) is 0 Å². The van der Waals surface area contributed by atoms with Crippen LogP contribution in [0.3, 0.4) is 0 Å². The second-order valence-corrected chi connectivity index (χ2v) is 4.81. The molecule has 0 aromatic carbocycles. The highest BCUT2D eigenvalue weighted by Gasteiger charge is 2.20. The van der Waals surface area contributed by atoms with E-state index in [4.69, 9.17) is 9.72 Å². The van der Waals surface area contributed by atoms with Crippen molar-refractivity contribution in [3.63, 3.8) is 0 Å². The number of nitrogens with zero attached hydrogens (tertiary/aromatic N) is 5. The number of anilines is 1. The molecule has 6 nitrogen and oxygen atoms in total. The van der Waals surface area contributed by atoms with Crippen molar-refractivity contribution in [2.24, 2.45) is 7.05 Å². The van der Waals surface area contributed by atoms with Crippen LogP contribution in [0.25, 0.3) is 11.2 Å². The summed E-state index contributed by atoms with van der Waals surface area (Å²) in [6.07, 6.45) is 0.897. The van der Waals surface area contributed by atoms with Crippen LogP contribution in [0.15, 0.2) is 0 Å². The second-order valence-electron chi connectivity index (χ2n) is 4.81. The zero-order valence-corrected chi connectivity index (χ0v) is 11.7. The van der Waals surface area contributed by atoms with Gasteiger partial charge in [-0.2, -0.15) is 0 Å². The Bertz CT molecular complexity index is 601. The molecule has 1 aliphatic heterocycles. The van der Waals surface area contributed by atoms with E-state index in [0.29, 0.717) is 0 Å². The number of rotatable bonds is 2. The van der Waals surface area contributed by atoms with Gasteiger partial charge in [0.15, 0.2) is 17.0 Å². The van der Waals surface area contributed by atoms with E-state index < -0.39 is 0 Å². The maximum atomic E-state index is 5.40. The minimum Gasteiger partial charge on any atom is -0.378 e. The summed E-state index contributed by atoms with van der Waals surface area (Å²) >= 11 is 0. The Labute approximate surface area is 112 Å². The van der Waals surface area contributed by atoms with Crippen molar-refractivity contribution in [2.45, 2.75) is 20.3 Å². The van der Waals surface area contributed by atoms with Gasteiger partial charge < -0.3 is 14.2 Å². The lowest BCUT2D eigenvalue weighted by Gasteiger charge is -2.27. The normalized spacial score (nSPS) is 16.3. The van der Waals surface area contributed by atoms with Gasteiger partial charge in [0, 0.05) is 26.6 Å². The van der Waals surface area contributed by atoms with E-state index in [0.717, 1.165) is 61.4 Å². The highest BCUT2D eigenvalue weighted by Crippen LogP contribution is 2.24. The van der Waals surface area contributed by atoms with Crippen molar-refractivity contribution in [3.8, 4) is 0 Å². The van der Waals surface area contributed by atoms with Gasteiger partial charge in [0.25, 0.3) is 0 Å². The molecule has 19 heavy (non-hydrogen) atoms. The van der Waals surface area contributed by atoms with Crippen LogP contribution in [0, 0.1) is 6.92 Å². The Hall–Kier alpha value is -1.69. The molecule has 0 aliphatic carbocycles. The standard InChI is InChI=1S/C13H19N5O/c1-4-10-16-11-12(17(10)3)14-9(2)15-13(11)18-5-7-19-8-6-18/h4-8H2,1-3H3. The summed E-state index contributed by atoms with van der Waals surface area (Å²) in [5.41, 5.74) is 1.83. The third-order valence-corrected chi connectivity index (χ3v) is 3.53. The molecular formula is C13H19N5O. The molecule has 0 atom stereocenters. The van der Waals surface area contributed by atoms with Crippen LogP contribution in [0.5, 0.6) is 0 Å². The second kappa shape index (κ2) is 4.77. The molecule has 0 bridgehead atoms. The van der Waals surface area contributed by atoms with E-state index in [-0.39, 0.29) is 0 Å². The highest BCUT2D eigenvalue weighted by molar-refractivity contribution is 5.84. The van der Waals surface area contributed by atoms with Gasteiger partial charge in [0.05, 0.1) is 13.2 Å². The van der Waals surface area contributed by atoms with Crippen molar-refractivity contribution >= 4 is 17.0 Å². The fourth-order valence-electron chi connectivity index (χ4n) is 2.51. The molecule has 0 saturated carbocycles. The summed E-state index contributed by atoms with van der Waals surface area (Å²) in [4.78, 5) is 16.1. The molecule has 0 spiro atoms. The summed E-state index contributed by atoms with van der Waals surface area (Å²) in [6.45, 7) is 7.26. The molecule has 3 rings (SSSR count). The Balaban J connectivity index is 2.17. The first-order valence-electron chi connectivity index (χ1n) is 6.73. The number of ether oxygens (including phenoxy) is 1. The molecule has 0 N–H and O–H groups in total. The van der Waals surface area contributed by atoms with E-state index >= 15 is 0 Å². The van der Waals surface area contributed by atoms with E-state index in [1.807, 2.05) is 14.0 Å². The number of morpholine rings is 1. The van der Waals surface area contributed by atoms with E-state index in [9.17, 15) is 0 Å². The predicted molar refractivity (Wildman–Crippen MR) is 73.5 cm³/mol. The molecule has 1 fully saturated rings. The molecule has 0 radical (unpaired) electrons. The maximum absolute atomic E-state index is 5.40. The quantitative estimate of drug-likeness (QED) is 0.809. The first-order valence-corrected chi connectivity index (χ1v) is 6.73. The van der Waals surface area contributed by atoms with Gasteiger partial charge in [0.2, 0.25) is 0 Å². The van der Waals surface area contributed by atoms with Crippen molar-refractivity contribution < 1.29 is 4.74 Å². The topological polar surface area (TPSA) is 56.1 Å². The van der Waals surface area contributed by atoms with Gasteiger partial charge in [0.1, 0.15) is 11.6 Å². The third kappa shape index (κ3) is 2.06. The SMILES string of the molecule is CCc1nc2c(N3CCOCC3)nc(C)nc2n1C. The first kappa shape index (κ1) is 12.3. The van der Waals surface area contributed by atoms with Crippen molar-refractivity contribution in [2.75, 3.05) is 31.2 Å². The van der Waals surface area contributed by atoms with Crippen LogP contribution in [0.4, 0.5) is 5.82 Å². The van der Waals surface area contributed by atoms with E-state index in [1.54, 1.807) is 0 Å². The molecule has 2 aromatic heterocycles. The number of hydrogen-bond donors (Lipinski definition) is 0. The van der Waals surface area contributed by atoms with Crippen LogP contribution >= 0.6 is 0 Å². The van der Waals surface area contributed by atoms with Gasteiger partial charge in [-0.25, -0.2) is 15.0 Å². The molecular weight excluding hydrogens is 242 g/mol. The summed E-state index contributed by atoms with van der Waals surface area (Å²) in [5, 5.41) is 0. The summed E-state index contributed by atoms with van der Waals surface area (Å²) in [6, 6.07) is 0. The fourth-order valence-corrected chi connectivity index (χ4v) is 2.51. The lowest BCUT2D eigenvalue weighted by molar-refractivity contribution is 0.122. The minimum atomic E-state index is 0.748. The third-order valence-electron chi connectivity index (χ3n) is 3.53. The minimum absolute atomic E-state index is 0.748. The lowest BCUT2D eigenvalue weighted by atomic mass is 10.3. The van der Waals surface area contributed by atoms with Crippen LogP contribution in [-0.2, 0) is 18.2 Å². The molecule has 1 aliphatic rings. The summed E-state index contributed by atoms with van der Waals surface area (Å²) in [7, 11) is 2.02. The van der Waals surface area contributed by atoms with Crippen LogP contribution in [0.2, 0.25) is 0 Å². The molecule has 3 heterocycles. The van der Waals surface area contributed by atoms with Crippen molar-refractivity contribution in [1.82, 2.24) is 19.5 Å². The zero-order chi connectivity index (χ0) is 13.4. The first-order chi connectivity index (χ1) is 9.20. The van der Waals surface area contributed by atoms with Crippen LogP contribution in [0.1, 0.15) is 18.6 Å². The molecule has 6 heteroatoms. The molecule has 1 saturated heterocycles. The van der Waals surface area contributed by atoms with Crippen molar-refractivity contribution in [3.05, 3.63) is 11.6 Å². The lowest BCUT2D eigenvalue weighted by Crippen LogP contribution is -2.37. The zero-order valence-electron chi connectivity index (χ0n) is 11.7. The molecule has 0 amide bonds. The summed E-state index contributed by atoms with van der Waals surface area (Å²) in [5.74, 6) is 2.78. The number of imidazole rings is 1. The monoisotopic (exact) mass is 261 g/mol. The number of fused-ring (bicyclic) bond motifs is 1. The van der Waals surface area contributed by atoms with Crippen LogP contribution in [-0.4, -0.2) is 45.8 Å². The van der Waals surface area contributed by atoms with Gasteiger partial charge in [-0.1, -0.05) is 6.92 Å². The fraction of sp³-hybridized carbons (Fsp3) is 0.615. The maximum Gasteiger partial charge on any atom is 0.165 e. The van der Waals surface area contributed by atoms with Gasteiger partial charge in [-0.15, -0.1) is 0 Å². The largest absolute Gasteiger partial charge is 0.378 e. The predicted octanol–water partition coefficient (Wildman–Crippen LogP) is 1.07. The molecule has 0 unspecified atom stereocenters. The van der Waals surface area contributed by atoms with Gasteiger partial charge >= 0.3 is 0 Å². The average molecular weight is 261 g/mol. The summed E-state index contributed by atoms with van der Waals surface area (Å²) < 4.78 is 7.47. The highest BCUT2D eigenvalue weighted by atomic mass is 16.5. The Morgan fingerprint density at radius 2 is 1.89 bits per heavy atom. The number of aryl methyl sites for hydroxylation is 3. The van der Waals surface area contributed by atoms with Gasteiger partial charge in [-0.05, 0) is 6.92 Å². The average Bonchev–Trinajstić information content (AvgIpc) is 2.76. The number of aromatic nitrogens is 4. The van der Waals surface area contributed by atoms with Crippen LogP contribution < -0.4 is 4.90 Å². The van der Waals surface area contributed by atoms with Crippen molar-refractivity contribution in [1.29, 1.82) is 0 Å². The van der Waals surface area contributed by atoms with E-state index in [2.05, 4.69) is 26.4 Å². The smallest absolute Gasteiger partial charge is 0.165 e. The Kier molecular flexibility index (Phi) is 3.10. The molecule has 2 aromatic rings.